The number of likely N-dealkylation sites (N-methyl/N-ethyl adjacent to an activating group) is 1. The average molecular weight is 235 g/mol. The molecule has 0 aliphatic carbocycles. The van der Waals surface area contributed by atoms with E-state index >= 15 is 0 Å². The van der Waals surface area contributed by atoms with Gasteiger partial charge in [-0.1, -0.05) is 0 Å². The van der Waals surface area contributed by atoms with Gasteiger partial charge in [-0.05, 0) is 6.92 Å². The Morgan fingerprint density at radius 2 is 2.18 bits per heavy atom. The molecule has 6 nitrogen and oxygen atoms in total. The fraction of sp³-hybridized carbons (Fsp3) is 0.545. The second-order valence-corrected chi connectivity index (χ2v) is 4.38. The van der Waals surface area contributed by atoms with Crippen LogP contribution in [-0.4, -0.2) is 52.4 Å². The van der Waals surface area contributed by atoms with Crippen LogP contribution in [0.3, 0.4) is 0 Å². The topological polar surface area (TPSA) is 75.3 Å². The van der Waals surface area contributed by atoms with Crippen molar-refractivity contribution in [2.45, 2.75) is 13.5 Å². The summed E-state index contributed by atoms with van der Waals surface area (Å²) >= 11 is 0. The smallest absolute Gasteiger partial charge is 0.236 e. The van der Waals surface area contributed by atoms with E-state index in [9.17, 15) is 4.79 Å². The second kappa shape index (κ2) is 4.67. The quantitative estimate of drug-likeness (QED) is 0.757. The van der Waals surface area contributed by atoms with Crippen molar-refractivity contribution in [3.63, 3.8) is 0 Å². The first-order chi connectivity index (χ1) is 8.04. The predicted molar refractivity (Wildman–Crippen MR) is 64.1 cm³/mol. The summed E-state index contributed by atoms with van der Waals surface area (Å²) in [6.45, 7) is 4.48. The lowest BCUT2D eigenvalue weighted by Crippen LogP contribution is -2.48. The number of anilines is 1. The third-order valence-corrected chi connectivity index (χ3v) is 2.82. The Morgan fingerprint density at radius 3 is 2.82 bits per heavy atom. The number of aromatic nitrogens is 2. The molecule has 92 valence electrons. The maximum Gasteiger partial charge on any atom is 0.236 e. The molecule has 1 aromatic heterocycles. The SMILES string of the molecule is Cc1cc(N)nc(CN2CCN(C)C(=O)C2)n1. The van der Waals surface area contributed by atoms with Crippen LogP contribution in [0, 0.1) is 6.92 Å². The Balaban J connectivity index is 2.03. The van der Waals surface area contributed by atoms with Crippen molar-refractivity contribution in [2.75, 3.05) is 32.4 Å². The number of piperazine rings is 1. The standard InChI is InChI=1S/C11H17N5O/c1-8-5-9(12)14-10(13-8)6-16-4-3-15(2)11(17)7-16/h5H,3-4,6-7H2,1-2H3,(H2,12,13,14). The van der Waals surface area contributed by atoms with Gasteiger partial charge in [0.2, 0.25) is 5.91 Å². The summed E-state index contributed by atoms with van der Waals surface area (Å²) in [5.74, 6) is 1.30. The number of nitrogen functional groups attached to an aromatic ring is 1. The fourth-order valence-corrected chi connectivity index (χ4v) is 1.87. The molecule has 0 bridgehead atoms. The second-order valence-electron chi connectivity index (χ2n) is 4.38. The Kier molecular flexibility index (Phi) is 3.23. The molecule has 0 saturated carbocycles. The Bertz CT molecular complexity index is 414. The van der Waals surface area contributed by atoms with Gasteiger partial charge >= 0.3 is 0 Å². The molecule has 1 amide bonds. The van der Waals surface area contributed by atoms with E-state index in [1.54, 1.807) is 11.0 Å². The van der Waals surface area contributed by atoms with E-state index in [4.69, 9.17) is 5.73 Å². The maximum absolute atomic E-state index is 11.5. The van der Waals surface area contributed by atoms with Crippen molar-refractivity contribution in [2.24, 2.45) is 0 Å². The van der Waals surface area contributed by atoms with E-state index in [2.05, 4.69) is 9.97 Å². The van der Waals surface area contributed by atoms with Crippen LogP contribution in [0.4, 0.5) is 5.82 Å². The highest BCUT2D eigenvalue weighted by Crippen LogP contribution is 2.07. The number of nitrogens with two attached hydrogens (primary N) is 1. The van der Waals surface area contributed by atoms with Gasteiger partial charge in [-0.3, -0.25) is 9.69 Å². The summed E-state index contributed by atoms with van der Waals surface area (Å²) in [6.07, 6.45) is 0. The normalized spacial score (nSPS) is 17.5. The lowest BCUT2D eigenvalue weighted by molar-refractivity contribution is -0.134. The highest BCUT2D eigenvalue weighted by molar-refractivity contribution is 5.78. The molecule has 17 heavy (non-hydrogen) atoms. The number of hydrogen-bond acceptors (Lipinski definition) is 5. The van der Waals surface area contributed by atoms with E-state index < -0.39 is 0 Å². The van der Waals surface area contributed by atoms with Crippen LogP contribution in [0.2, 0.25) is 0 Å². The number of aryl methyl sites for hydroxylation is 1. The largest absolute Gasteiger partial charge is 0.384 e. The first-order valence-corrected chi connectivity index (χ1v) is 5.61. The zero-order valence-electron chi connectivity index (χ0n) is 10.2. The molecule has 6 heteroatoms. The minimum Gasteiger partial charge on any atom is -0.384 e. The van der Waals surface area contributed by atoms with Crippen LogP contribution < -0.4 is 5.73 Å². The van der Waals surface area contributed by atoms with E-state index in [0.717, 1.165) is 18.8 Å². The number of nitrogens with zero attached hydrogens (tertiary/aromatic N) is 4. The Morgan fingerprint density at radius 1 is 1.41 bits per heavy atom. The monoisotopic (exact) mass is 235 g/mol. The molecule has 1 aliphatic heterocycles. The molecule has 2 N–H and O–H groups in total. The molecular formula is C11H17N5O. The molecule has 2 rings (SSSR count). The summed E-state index contributed by atoms with van der Waals surface area (Å²) in [6, 6.07) is 1.73. The number of carbonyl (C=O) groups excluding carboxylic acids is 1. The van der Waals surface area contributed by atoms with E-state index in [-0.39, 0.29) is 5.91 Å². The molecule has 0 radical (unpaired) electrons. The van der Waals surface area contributed by atoms with Crippen molar-refractivity contribution >= 4 is 11.7 Å². The van der Waals surface area contributed by atoms with Crippen molar-refractivity contribution < 1.29 is 4.79 Å². The molecule has 0 spiro atoms. The van der Waals surface area contributed by atoms with Crippen molar-refractivity contribution in [3.05, 3.63) is 17.6 Å². The molecule has 0 aromatic carbocycles. The average Bonchev–Trinajstić information content (AvgIpc) is 2.22. The van der Waals surface area contributed by atoms with E-state index in [0.29, 0.717) is 24.7 Å². The Labute approximate surface area is 100 Å². The van der Waals surface area contributed by atoms with Gasteiger partial charge in [-0.15, -0.1) is 0 Å². The zero-order valence-corrected chi connectivity index (χ0v) is 10.2. The molecule has 1 saturated heterocycles. The maximum atomic E-state index is 11.5. The van der Waals surface area contributed by atoms with Gasteiger partial charge in [0.05, 0.1) is 13.1 Å². The number of carbonyl (C=O) groups is 1. The van der Waals surface area contributed by atoms with E-state index in [1.165, 1.54) is 0 Å². The Hall–Kier alpha value is -1.69. The van der Waals surface area contributed by atoms with Crippen LogP contribution in [-0.2, 0) is 11.3 Å². The van der Waals surface area contributed by atoms with Gasteiger partial charge < -0.3 is 10.6 Å². The molecule has 2 heterocycles. The summed E-state index contributed by atoms with van der Waals surface area (Å²) in [5.41, 5.74) is 6.52. The number of hydrogen-bond donors (Lipinski definition) is 1. The summed E-state index contributed by atoms with van der Waals surface area (Å²) in [7, 11) is 1.82. The van der Waals surface area contributed by atoms with Crippen LogP contribution in [0.5, 0.6) is 0 Å². The van der Waals surface area contributed by atoms with Gasteiger partial charge in [-0.2, -0.15) is 0 Å². The van der Waals surface area contributed by atoms with Gasteiger partial charge in [-0.25, -0.2) is 9.97 Å². The van der Waals surface area contributed by atoms with Crippen molar-refractivity contribution in [1.82, 2.24) is 19.8 Å². The molecule has 1 fully saturated rings. The highest BCUT2D eigenvalue weighted by Gasteiger charge is 2.21. The van der Waals surface area contributed by atoms with Gasteiger partial charge in [0.25, 0.3) is 0 Å². The van der Waals surface area contributed by atoms with Crippen LogP contribution >= 0.6 is 0 Å². The predicted octanol–water partition coefficient (Wildman–Crippen LogP) is -0.359. The highest BCUT2D eigenvalue weighted by atomic mass is 16.2. The minimum absolute atomic E-state index is 0.136. The first-order valence-electron chi connectivity index (χ1n) is 5.61. The third-order valence-electron chi connectivity index (χ3n) is 2.82. The van der Waals surface area contributed by atoms with Gasteiger partial charge in [0.15, 0.2) is 0 Å². The van der Waals surface area contributed by atoms with Crippen LogP contribution in [0.15, 0.2) is 6.07 Å². The fourth-order valence-electron chi connectivity index (χ4n) is 1.87. The summed E-state index contributed by atoms with van der Waals surface area (Å²) in [4.78, 5) is 23.8. The van der Waals surface area contributed by atoms with Crippen LogP contribution in [0.1, 0.15) is 11.5 Å². The third kappa shape index (κ3) is 2.91. The zero-order chi connectivity index (χ0) is 12.4. The number of amides is 1. The number of rotatable bonds is 2. The molecular weight excluding hydrogens is 218 g/mol. The first kappa shape index (κ1) is 11.8. The van der Waals surface area contributed by atoms with Gasteiger partial charge in [0.1, 0.15) is 11.6 Å². The van der Waals surface area contributed by atoms with Gasteiger partial charge in [0, 0.05) is 31.9 Å². The lowest BCUT2D eigenvalue weighted by Gasteiger charge is -2.31. The molecule has 1 aliphatic rings. The molecule has 1 aromatic rings. The molecule has 0 atom stereocenters. The van der Waals surface area contributed by atoms with Crippen molar-refractivity contribution in [1.29, 1.82) is 0 Å². The molecule has 0 unspecified atom stereocenters. The summed E-state index contributed by atoms with van der Waals surface area (Å²) < 4.78 is 0. The lowest BCUT2D eigenvalue weighted by atomic mass is 10.3. The minimum atomic E-state index is 0.136. The van der Waals surface area contributed by atoms with E-state index in [1.807, 2.05) is 18.9 Å². The van der Waals surface area contributed by atoms with Crippen molar-refractivity contribution in [3.8, 4) is 0 Å². The summed E-state index contributed by atoms with van der Waals surface area (Å²) in [5, 5.41) is 0. The van der Waals surface area contributed by atoms with Crippen LogP contribution in [0.25, 0.3) is 0 Å².